The average Bonchev–Trinajstić information content (AvgIpc) is 2.32. The van der Waals surface area contributed by atoms with E-state index in [4.69, 9.17) is 0 Å². The molecule has 17 heavy (non-hydrogen) atoms. The quantitative estimate of drug-likeness (QED) is 0.744. The van der Waals surface area contributed by atoms with E-state index < -0.39 is 12.1 Å². The van der Waals surface area contributed by atoms with Crippen molar-refractivity contribution >= 4 is 5.91 Å². The molecule has 5 heteroatoms. The van der Waals surface area contributed by atoms with Gasteiger partial charge in [-0.3, -0.25) is 4.79 Å². The maximum atomic E-state index is 12.9. The molecule has 1 fully saturated rings. The van der Waals surface area contributed by atoms with Crippen LogP contribution in [0.4, 0.5) is 4.39 Å². The highest BCUT2D eigenvalue weighted by molar-refractivity contribution is 5.94. The predicted octanol–water partition coefficient (Wildman–Crippen LogP) is 1.06. The van der Waals surface area contributed by atoms with E-state index in [0.29, 0.717) is 13.1 Å². The van der Waals surface area contributed by atoms with Gasteiger partial charge < -0.3 is 10.0 Å². The first-order valence-electron chi connectivity index (χ1n) is 5.67. The SMILES string of the molecule is CC1CCN(C(=O)c2ccnc(F)c2)CC1O. The van der Waals surface area contributed by atoms with Crippen LogP contribution in [-0.4, -0.2) is 40.1 Å². The Bertz CT molecular complexity index is 425. The van der Waals surface area contributed by atoms with Gasteiger partial charge in [0.2, 0.25) is 5.95 Å². The van der Waals surface area contributed by atoms with Gasteiger partial charge in [0.15, 0.2) is 0 Å². The summed E-state index contributed by atoms with van der Waals surface area (Å²) >= 11 is 0. The zero-order valence-electron chi connectivity index (χ0n) is 9.64. The maximum absolute atomic E-state index is 12.9. The maximum Gasteiger partial charge on any atom is 0.254 e. The molecule has 4 nitrogen and oxygen atoms in total. The smallest absolute Gasteiger partial charge is 0.254 e. The van der Waals surface area contributed by atoms with Gasteiger partial charge >= 0.3 is 0 Å². The second-order valence-electron chi connectivity index (χ2n) is 4.45. The van der Waals surface area contributed by atoms with Gasteiger partial charge in [0.25, 0.3) is 5.91 Å². The molecule has 0 bridgehead atoms. The zero-order chi connectivity index (χ0) is 12.4. The summed E-state index contributed by atoms with van der Waals surface area (Å²) in [5.41, 5.74) is 0.277. The van der Waals surface area contributed by atoms with Crippen molar-refractivity contribution in [1.82, 2.24) is 9.88 Å². The summed E-state index contributed by atoms with van der Waals surface area (Å²) in [4.78, 5) is 17.0. The number of aliphatic hydroxyl groups excluding tert-OH is 1. The topological polar surface area (TPSA) is 53.4 Å². The summed E-state index contributed by atoms with van der Waals surface area (Å²) in [5, 5.41) is 9.72. The van der Waals surface area contributed by atoms with Gasteiger partial charge in [0, 0.05) is 30.9 Å². The molecule has 2 heterocycles. The van der Waals surface area contributed by atoms with Gasteiger partial charge in [-0.15, -0.1) is 0 Å². The van der Waals surface area contributed by atoms with Crippen LogP contribution in [0.5, 0.6) is 0 Å². The minimum atomic E-state index is -0.665. The fourth-order valence-electron chi connectivity index (χ4n) is 1.95. The van der Waals surface area contributed by atoms with E-state index in [9.17, 15) is 14.3 Å². The van der Waals surface area contributed by atoms with Crippen molar-refractivity contribution < 1.29 is 14.3 Å². The van der Waals surface area contributed by atoms with E-state index in [-0.39, 0.29) is 17.4 Å². The number of hydrogen-bond acceptors (Lipinski definition) is 3. The first-order chi connectivity index (χ1) is 8.08. The van der Waals surface area contributed by atoms with Crippen LogP contribution in [-0.2, 0) is 0 Å². The number of halogens is 1. The molecule has 1 aliphatic rings. The van der Waals surface area contributed by atoms with Crippen molar-refractivity contribution in [2.45, 2.75) is 19.4 Å². The molecule has 1 aromatic rings. The minimum absolute atomic E-state index is 0.202. The Balaban J connectivity index is 2.10. The van der Waals surface area contributed by atoms with Crippen molar-refractivity contribution in [2.24, 2.45) is 5.92 Å². The number of aliphatic hydroxyl groups is 1. The van der Waals surface area contributed by atoms with Gasteiger partial charge in [0.1, 0.15) is 0 Å². The summed E-state index contributed by atoms with van der Waals surface area (Å²) in [5.74, 6) is -0.716. The molecule has 92 valence electrons. The number of piperidine rings is 1. The van der Waals surface area contributed by atoms with Crippen LogP contribution < -0.4 is 0 Å². The van der Waals surface area contributed by atoms with Gasteiger partial charge in [-0.05, 0) is 18.4 Å². The van der Waals surface area contributed by atoms with E-state index in [0.717, 1.165) is 12.5 Å². The number of aromatic nitrogens is 1. The number of hydrogen-bond donors (Lipinski definition) is 1. The van der Waals surface area contributed by atoms with Crippen LogP contribution in [0.3, 0.4) is 0 Å². The molecule has 2 atom stereocenters. The van der Waals surface area contributed by atoms with Crippen molar-refractivity contribution in [3.8, 4) is 0 Å². The Morgan fingerprint density at radius 3 is 3.06 bits per heavy atom. The average molecular weight is 238 g/mol. The van der Waals surface area contributed by atoms with E-state index >= 15 is 0 Å². The molecule has 0 saturated carbocycles. The van der Waals surface area contributed by atoms with Crippen molar-refractivity contribution in [3.05, 3.63) is 29.8 Å². The molecule has 1 N–H and O–H groups in total. The van der Waals surface area contributed by atoms with E-state index in [2.05, 4.69) is 4.98 Å². The molecule has 0 spiro atoms. The molecular weight excluding hydrogens is 223 g/mol. The number of rotatable bonds is 1. The van der Waals surface area contributed by atoms with Crippen LogP contribution in [0, 0.1) is 11.9 Å². The number of nitrogens with zero attached hydrogens (tertiary/aromatic N) is 2. The normalized spacial score (nSPS) is 24.8. The predicted molar refractivity (Wildman–Crippen MR) is 59.9 cm³/mol. The Morgan fingerprint density at radius 1 is 1.65 bits per heavy atom. The lowest BCUT2D eigenvalue weighted by Crippen LogP contribution is -2.45. The second-order valence-corrected chi connectivity index (χ2v) is 4.45. The summed E-state index contributed by atoms with van der Waals surface area (Å²) in [6.45, 7) is 2.86. The Labute approximate surface area is 99.1 Å². The van der Waals surface area contributed by atoms with Crippen LogP contribution in [0.25, 0.3) is 0 Å². The van der Waals surface area contributed by atoms with E-state index in [1.165, 1.54) is 12.3 Å². The second kappa shape index (κ2) is 4.79. The third kappa shape index (κ3) is 2.61. The molecule has 0 radical (unpaired) electrons. The van der Waals surface area contributed by atoms with Crippen LogP contribution in [0.15, 0.2) is 18.3 Å². The standard InChI is InChI=1S/C12H15FN2O2/c1-8-3-5-15(7-10(8)16)12(17)9-2-4-14-11(13)6-9/h2,4,6,8,10,16H,3,5,7H2,1H3. The summed E-state index contributed by atoms with van der Waals surface area (Å²) in [6.07, 6.45) is 1.53. The Hall–Kier alpha value is -1.49. The lowest BCUT2D eigenvalue weighted by atomic mass is 9.95. The first kappa shape index (κ1) is 12.0. The number of amides is 1. The third-order valence-electron chi connectivity index (χ3n) is 3.18. The van der Waals surface area contributed by atoms with Crippen molar-refractivity contribution in [3.63, 3.8) is 0 Å². The lowest BCUT2D eigenvalue weighted by molar-refractivity contribution is 0.0248. The monoisotopic (exact) mass is 238 g/mol. The highest BCUT2D eigenvalue weighted by Crippen LogP contribution is 2.18. The number of carbonyl (C=O) groups is 1. The van der Waals surface area contributed by atoms with Crippen LogP contribution in [0.2, 0.25) is 0 Å². The summed E-state index contributed by atoms with van der Waals surface area (Å²) in [7, 11) is 0. The van der Waals surface area contributed by atoms with Gasteiger partial charge in [-0.2, -0.15) is 4.39 Å². The van der Waals surface area contributed by atoms with Crippen molar-refractivity contribution in [1.29, 1.82) is 0 Å². The number of likely N-dealkylation sites (tertiary alicyclic amines) is 1. The summed E-state index contributed by atoms with van der Waals surface area (Å²) < 4.78 is 12.9. The number of β-amino-alcohol motifs (C(OH)–C–C–N with tert-alkyl or cyclic N) is 1. The van der Waals surface area contributed by atoms with E-state index in [1.54, 1.807) is 4.90 Å². The number of pyridine rings is 1. The third-order valence-corrected chi connectivity index (χ3v) is 3.18. The molecule has 1 saturated heterocycles. The molecular formula is C12H15FN2O2. The fraction of sp³-hybridized carbons (Fsp3) is 0.500. The molecule has 0 aliphatic carbocycles. The largest absolute Gasteiger partial charge is 0.391 e. The van der Waals surface area contributed by atoms with Gasteiger partial charge in [0.05, 0.1) is 6.10 Å². The van der Waals surface area contributed by atoms with Gasteiger partial charge in [-0.1, -0.05) is 6.92 Å². The molecule has 2 rings (SSSR count). The molecule has 1 amide bonds. The Kier molecular flexibility index (Phi) is 3.38. The van der Waals surface area contributed by atoms with Crippen molar-refractivity contribution in [2.75, 3.05) is 13.1 Å². The Morgan fingerprint density at radius 2 is 2.41 bits per heavy atom. The highest BCUT2D eigenvalue weighted by atomic mass is 19.1. The zero-order valence-corrected chi connectivity index (χ0v) is 9.64. The minimum Gasteiger partial charge on any atom is -0.391 e. The lowest BCUT2D eigenvalue weighted by Gasteiger charge is -2.34. The number of carbonyl (C=O) groups excluding carboxylic acids is 1. The molecule has 0 aromatic carbocycles. The van der Waals surface area contributed by atoms with Crippen LogP contribution >= 0.6 is 0 Å². The summed E-state index contributed by atoms with van der Waals surface area (Å²) in [6, 6.07) is 2.60. The first-order valence-corrected chi connectivity index (χ1v) is 5.67. The fourth-order valence-corrected chi connectivity index (χ4v) is 1.95. The molecule has 1 aromatic heterocycles. The molecule has 1 aliphatic heterocycles. The van der Waals surface area contributed by atoms with Gasteiger partial charge in [-0.25, -0.2) is 4.98 Å². The molecule has 2 unspecified atom stereocenters. The highest BCUT2D eigenvalue weighted by Gasteiger charge is 2.27. The van der Waals surface area contributed by atoms with E-state index in [1.807, 2.05) is 6.92 Å². The van der Waals surface area contributed by atoms with Crippen LogP contribution in [0.1, 0.15) is 23.7 Å².